The monoisotopic (exact) mass is 398 g/mol. The first kappa shape index (κ1) is 19.1. The highest BCUT2D eigenvalue weighted by molar-refractivity contribution is 7.14. The number of hydrogen-bond donors (Lipinski definition) is 2. The standard InChI is InChI=1S/C22H26N2O3S/c1-12(2)9-13-3-5-14(6-4-13)17-11-28-22(23-17)24-20(25)18-15-7-8-16(10-15)19(18)21(26)27/h3-6,11-12,15-16,18-19H,7-10H2,1-2H3,(H,26,27)(H,23,24,25)/t15-,16-,18-,19+/m0/s1. The fourth-order valence-corrected chi connectivity index (χ4v) is 5.68. The molecule has 0 radical (unpaired) electrons. The van der Waals surface area contributed by atoms with E-state index in [2.05, 4.69) is 48.4 Å². The number of carbonyl (C=O) groups is 2. The largest absolute Gasteiger partial charge is 0.481 e. The number of amides is 1. The number of carboxylic acid groups (broad SMARTS) is 1. The number of nitrogens with zero attached hydrogens (tertiary/aromatic N) is 1. The lowest BCUT2D eigenvalue weighted by molar-refractivity contribution is -0.148. The molecule has 1 aromatic heterocycles. The van der Waals surface area contributed by atoms with Gasteiger partial charge in [0.15, 0.2) is 5.13 Å². The fourth-order valence-electron chi connectivity index (χ4n) is 4.96. The number of hydrogen-bond acceptors (Lipinski definition) is 4. The van der Waals surface area contributed by atoms with Crippen LogP contribution in [0.5, 0.6) is 0 Å². The van der Waals surface area contributed by atoms with Crippen molar-refractivity contribution in [2.45, 2.75) is 39.5 Å². The second kappa shape index (κ2) is 7.66. The van der Waals surface area contributed by atoms with E-state index in [9.17, 15) is 14.7 Å². The molecule has 28 heavy (non-hydrogen) atoms. The van der Waals surface area contributed by atoms with Crippen LogP contribution in [-0.2, 0) is 16.0 Å². The molecule has 5 nitrogen and oxygen atoms in total. The molecule has 0 saturated heterocycles. The van der Waals surface area contributed by atoms with Crippen LogP contribution in [0.3, 0.4) is 0 Å². The van der Waals surface area contributed by atoms with Gasteiger partial charge in [0.1, 0.15) is 0 Å². The maximum absolute atomic E-state index is 12.8. The first-order chi connectivity index (χ1) is 13.4. The summed E-state index contributed by atoms with van der Waals surface area (Å²) in [4.78, 5) is 29.0. The van der Waals surface area contributed by atoms with Gasteiger partial charge in [0, 0.05) is 10.9 Å². The summed E-state index contributed by atoms with van der Waals surface area (Å²) in [6.07, 6.45) is 3.80. The molecule has 1 aromatic carbocycles. The van der Waals surface area contributed by atoms with E-state index in [1.807, 2.05) is 5.38 Å². The highest BCUT2D eigenvalue weighted by Gasteiger charge is 2.54. The Labute approximate surface area is 169 Å². The number of aliphatic carboxylic acids is 1. The molecule has 0 spiro atoms. The lowest BCUT2D eigenvalue weighted by atomic mass is 9.79. The smallest absolute Gasteiger partial charge is 0.307 e. The molecule has 148 valence electrons. The third-order valence-corrected chi connectivity index (χ3v) is 6.89. The zero-order chi connectivity index (χ0) is 19.8. The average Bonchev–Trinajstić information content (AvgIpc) is 3.37. The van der Waals surface area contributed by atoms with E-state index in [1.165, 1.54) is 16.9 Å². The van der Waals surface area contributed by atoms with Gasteiger partial charge < -0.3 is 10.4 Å². The van der Waals surface area contributed by atoms with Gasteiger partial charge in [0.25, 0.3) is 0 Å². The number of anilines is 1. The number of carbonyl (C=O) groups excluding carboxylic acids is 1. The van der Waals surface area contributed by atoms with Crippen molar-refractivity contribution in [2.24, 2.45) is 29.6 Å². The predicted octanol–water partition coefficient (Wildman–Crippen LogP) is 4.69. The van der Waals surface area contributed by atoms with Gasteiger partial charge in [0.05, 0.1) is 17.5 Å². The van der Waals surface area contributed by atoms with Gasteiger partial charge in [0.2, 0.25) is 5.91 Å². The second-order valence-corrected chi connectivity index (χ2v) is 9.40. The van der Waals surface area contributed by atoms with Crippen molar-refractivity contribution in [3.05, 3.63) is 35.2 Å². The summed E-state index contributed by atoms with van der Waals surface area (Å²) >= 11 is 1.39. The Balaban J connectivity index is 1.45. The third-order valence-electron chi connectivity index (χ3n) is 6.13. The lowest BCUT2D eigenvalue weighted by Crippen LogP contribution is -2.37. The van der Waals surface area contributed by atoms with E-state index in [1.54, 1.807) is 0 Å². The molecular formula is C22H26N2O3S. The van der Waals surface area contributed by atoms with E-state index in [4.69, 9.17) is 0 Å². The van der Waals surface area contributed by atoms with E-state index in [0.29, 0.717) is 11.0 Å². The summed E-state index contributed by atoms with van der Waals surface area (Å²) in [7, 11) is 0. The van der Waals surface area contributed by atoms with Gasteiger partial charge in [-0.2, -0.15) is 0 Å². The molecule has 2 N–H and O–H groups in total. The van der Waals surface area contributed by atoms with Crippen LogP contribution < -0.4 is 5.32 Å². The number of benzene rings is 1. The zero-order valence-corrected chi connectivity index (χ0v) is 17.0. The number of carboxylic acids is 1. The molecule has 0 aliphatic heterocycles. The molecule has 2 fully saturated rings. The molecule has 4 atom stereocenters. The fraction of sp³-hybridized carbons (Fsp3) is 0.500. The third kappa shape index (κ3) is 3.70. The van der Waals surface area contributed by atoms with Gasteiger partial charge in [-0.25, -0.2) is 4.98 Å². The van der Waals surface area contributed by atoms with Gasteiger partial charge >= 0.3 is 5.97 Å². The van der Waals surface area contributed by atoms with Gasteiger partial charge in [-0.15, -0.1) is 11.3 Å². The number of thiazole rings is 1. The first-order valence-electron chi connectivity index (χ1n) is 10.0. The van der Waals surface area contributed by atoms with E-state index >= 15 is 0 Å². The maximum atomic E-state index is 12.8. The Morgan fingerprint density at radius 2 is 1.86 bits per heavy atom. The van der Waals surface area contributed by atoms with Gasteiger partial charge in [-0.1, -0.05) is 38.1 Å². The Hall–Kier alpha value is -2.21. The minimum Gasteiger partial charge on any atom is -0.481 e. The van der Waals surface area contributed by atoms with E-state index in [0.717, 1.165) is 36.9 Å². The Morgan fingerprint density at radius 1 is 1.18 bits per heavy atom. The van der Waals surface area contributed by atoms with Crippen LogP contribution in [0.4, 0.5) is 5.13 Å². The van der Waals surface area contributed by atoms with Crippen LogP contribution in [0.1, 0.15) is 38.7 Å². The highest BCUT2D eigenvalue weighted by Crippen LogP contribution is 2.52. The van der Waals surface area contributed by atoms with Crippen molar-refractivity contribution in [1.29, 1.82) is 0 Å². The molecule has 2 aliphatic rings. The van der Waals surface area contributed by atoms with Crippen LogP contribution in [0.25, 0.3) is 11.3 Å². The van der Waals surface area contributed by atoms with Crippen LogP contribution in [0.2, 0.25) is 0 Å². The van der Waals surface area contributed by atoms with E-state index < -0.39 is 17.8 Å². The summed E-state index contributed by atoms with van der Waals surface area (Å²) in [5.41, 5.74) is 3.16. The molecule has 1 amide bonds. The van der Waals surface area contributed by atoms with Crippen molar-refractivity contribution >= 4 is 28.3 Å². The molecule has 4 rings (SSSR count). The molecule has 0 unspecified atom stereocenters. The summed E-state index contributed by atoms with van der Waals surface area (Å²) < 4.78 is 0. The minimum atomic E-state index is -0.839. The quantitative estimate of drug-likeness (QED) is 0.739. The molecule has 2 aromatic rings. The van der Waals surface area contributed by atoms with Crippen LogP contribution in [0.15, 0.2) is 29.6 Å². The Bertz CT molecular complexity index is 874. The maximum Gasteiger partial charge on any atom is 0.307 e. The molecule has 6 heteroatoms. The lowest BCUT2D eigenvalue weighted by Gasteiger charge is -2.26. The number of aromatic nitrogens is 1. The SMILES string of the molecule is CC(C)Cc1ccc(-c2csc(NC(=O)[C@H]3[C@H]4CC[C@@H](C4)[C@H]3C(=O)O)n2)cc1. The minimum absolute atomic E-state index is 0.148. The van der Waals surface area contributed by atoms with Crippen molar-refractivity contribution in [2.75, 3.05) is 5.32 Å². The Morgan fingerprint density at radius 3 is 2.50 bits per heavy atom. The molecule has 1 heterocycles. The summed E-state index contributed by atoms with van der Waals surface area (Å²) in [6.45, 7) is 4.41. The van der Waals surface area contributed by atoms with Crippen LogP contribution >= 0.6 is 11.3 Å². The summed E-state index contributed by atoms with van der Waals surface area (Å²) in [6, 6.07) is 8.38. The topological polar surface area (TPSA) is 79.3 Å². The predicted molar refractivity (Wildman–Crippen MR) is 110 cm³/mol. The van der Waals surface area contributed by atoms with Gasteiger partial charge in [-0.05, 0) is 49.0 Å². The van der Waals surface area contributed by atoms with Crippen molar-refractivity contribution in [1.82, 2.24) is 4.98 Å². The second-order valence-electron chi connectivity index (χ2n) is 8.55. The average molecular weight is 399 g/mol. The van der Waals surface area contributed by atoms with E-state index in [-0.39, 0.29) is 17.7 Å². The molecule has 2 bridgehead atoms. The van der Waals surface area contributed by atoms with Crippen molar-refractivity contribution < 1.29 is 14.7 Å². The summed E-state index contributed by atoms with van der Waals surface area (Å²) in [5.74, 6) is -1.05. The van der Waals surface area contributed by atoms with Crippen LogP contribution in [0, 0.1) is 29.6 Å². The molecule has 2 saturated carbocycles. The number of nitrogens with one attached hydrogen (secondary N) is 1. The molecule has 2 aliphatic carbocycles. The Kier molecular flexibility index (Phi) is 5.23. The van der Waals surface area contributed by atoms with Crippen LogP contribution in [-0.4, -0.2) is 22.0 Å². The van der Waals surface area contributed by atoms with Crippen molar-refractivity contribution in [3.63, 3.8) is 0 Å². The zero-order valence-electron chi connectivity index (χ0n) is 16.2. The van der Waals surface area contributed by atoms with Gasteiger partial charge in [-0.3, -0.25) is 9.59 Å². The summed E-state index contributed by atoms with van der Waals surface area (Å²) in [5, 5.41) is 14.9. The molecular weight excluding hydrogens is 372 g/mol. The number of fused-ring (bicyclic) bond motifs is 2. The highest BCUT2D eigenvalue weighted by atomic mass is 32.1. The normalized spacial score (nSPS) is 26.0. The first-order valence-corrected chi connectivity index (χ1v) is 10.9. The van der Waals surface area contributed by atoms with Crippen molar-refractivity contribution in [3.8, 4) is 11.3 Å². The number of rotatable bonds is 6.